The minimum absolute atomic E-state index is 0.159. The average molecular weight is 282 g/mol. The molecule has 2 heterocycles. The molecule has 0 spiro atoms. The Morgan fingerprint density at radius 3 is 2.37 bits per heavy atom. The van der Waals surface area contributed by atoms with Crippen LogP contribution in [-0.4, -0.2) is 57.0 Å². The largest absolute Gasteiger partial charge is 0.376 e. The number of nitrogens with one attached hydrogen (secondary N) is 1. The van der Waals surface area contributed by atoms with Crippen LogP contribution in [0.3, 0.4) is 0 Å². The van der Waals surface area contributed by atoms with Gasteiger partial charge in [-0.2, -0.15) is 9.89 Å². The van der Waals surface area contributed by atoms with Gasteiger partial charge in [0.05, 0.1) is 11.4 Å². The zero-order chi connectivity index (χ0) is 14.0. The van der Waals surface area contributed by atoms with E-state index in [2.05, 4.69) is 10.5 Å². The van der Waals surface area contributed by atoms with E-state index < -0.39 is 0 Å². The maximum Gasteiger partial charge on any atom is 0.337 e. The molecule has 1 fully saturated rings. The van der Waals surface area contributed by atoms with Gasteiger partial charge in [-0.3, -0.25) is 0 Å². The van der Waals surface area contributed by atoms with Gasteiger partial charge in [-0.25, -0.2) is 10.2 Å². The summed E-state index contributed by atoms with van der Waals surface area (Å²) < 4.78 is 0. The normalized spacial score (nSPS) is 15.5. The van der Waals surface area contributed by atoms with Crippen LogP contribution >= 0.6 is 12.2 Å². The lowest BCUT2D eigenvalue weighted by molar-refractivity contribution is 0.178. The molecule has 1 aromatic heterocycles. The fraction of sp³-hybridized carbons (Fsp3) is 0.545. The summed E-state index contributed by atoms with van der Waals surface area (Å²) in [7, 11) is 0. The lowest BCUT2D eigenvalue weighted by Crippen LogP contribution is -2.53. The van der Waals surface area contributed by atoms with Crippen LogP contribution in [0.1, 0.15) is 11.4 Å². The third-order valence-corrected chi connectivity index (χ3v) is 3.35. The number of carbonyl (C=O) groups is 1. The van der Waals surface area contributed by atoms with Crippen LogP contribution in [0.2, 0.25) is 0 Å². The summed E-state index contributed by atoms with van der Waals surface area (Å²) in [5, 5.41) is 4.58. The molecule has 1 aliphatic rings. The van der Waals surface area contributed by atoms with Gasteiger partial charge in [0.1, 0.15) is 0 Å². The Balaban J connectivity index is 1.91. The number of nitrogens with two attached hydrogens (primary N) is 1. The number of thiocarbonyl (C=S) groups is 1. The number of carbonyl (C=O) groups excluding carboxylic acids is 1. The number of hydrogen-bond donors (Lipinski definition) is 2. The number of hydrogen-bond acceptors (Lipinski definition) is 3. The molecule has 7 nitrogen and oxygen atoms in total. The van der Waals surface area contributed by atoms with Crippen LogP contribution < -0.4 is 11.2 Å². The smallest absolute Gasteiger partial charge is 0.337 e. The summed E-state index contributed by atoms with van der Waals surface area (Å²) in [4.78, 5) is 17.2. The number of aryl methyl sites for hydroxylation is 2. The molecule has 0 aliphatic carbocycles. The van der Waals surface area contributed by atoms with Crippen LogP contribution in [-0.2, 0) is 0 Å². The quantitative estimate of drug-likeness (QED) is 0.710. The minimum Gasteiger partial charge on any atom is -0.376 e. The molecule has 0 saturated carbocycles. The van der Waals surface area contributed by atoms with Crippen molar-refractivity contribution in [1.82, 2.24) is 19.7 Å². The molecule has 0 bridgehead atoms. The summed E-state index contributed by atoms with van der Waals surface area (Å²) in [6, 6.07) is 1.75. The summed E-state index contributed by atoms with van der Waals surface area (Å²) in [6.45, 7) is 6.31. The summed E-state index contributed by atoms with van der Waals surface area (Å²) in [5.74, 6) is 0. The SMILES string of the molecule is Cc1cc(C)n(NC(=O)N2CCN(C(N)=S)CC2)n1. The predicted molar refractivity (Wildman–Crippen MR) is 76.4 cm³/mol. The van der Waals surface area contributed by atoms with Gasteiger partial charge < -0.3 is 15.5 Å². The zero-order valence-electron chi connectivity index (χ0n) is 11.1. The van der Waals surface area contributed by atoms with Crippen LogP contribution in [0.15, 0.2) is 6.07 Å². The van der Waals surface area contributed by atoms with E-state index in [-0.39, 0.29) is 6.03 Å². The maximum absolute atomic E-state index is 12.1. The van der Waals surface area contributed by atoms with Crippen LogP contribution in [0.5, 0.6) is 0 Å². The van der Waals surface area contributed by atoms with E-state index in [1.165, 1.54) is 4.79 Å². The third-order valence-electron chi connectivity index (χ3n) is 3.09. The fourth-order valence-corrected chi connectivity index (χ4v) is 2.22. The van der Waals surface area contributed by atoms with Gasteiger partial charge in [-0.05, 0) is 32.1 Å². The van der Waals surface area contributed by atoms with Crippen molar-refractivity contribution >= 4 is 23.4 Å². The second-order valence-corrected chi connectivity index (χ2v) is 4.99. The van der Waals surface area contributed by atoms with Crippen molar-refractivity contribution in [3.63, 3.8) is 0 Å². The van der Waals surface area contributed by atoms with Crippen molar-refractivity contribution < 1.29 is 4.79 Å². The van der Waals surface area contributed by atoms with Gasteiger partial charge in [0, 0.05) is 26.2 Å². The topological polar surface area (TPSA) is 79.4 Å². The van der Waals surface area contributed by atoms with Crippen LogP contribution in [0.25, 0.3) is 0 Å². The first-order valence-electron chi connectivity index (χ1n) is 6.11. The van der Waals surface area contributed by atoms with Crippen molar-refractivity contribution in [3.8, 4) is 0 Å². The number of rotatable bonds is 1. The molecule has 1 aliphatic heterocycles. The highest BCUT2D eigenvalue weighted by atomic mass is 32.1. The fourth-order valence-electron chi connectivity index (χ4n) is 2.03. The molecular formula is C11H18N6OS. The first-order chi connectivity index (χ1) is 8.97. The molecule has 0 aromatic carbocycles. The number of nitrogens with zero attached hydrogens (tertiary/aromatic N) is 4. The number of aromatic nitrogens is 2. The molecule has 2 amide bonds. The Morgan fingerprint density at radius 1 is 1.32 bits per heavy atom. The van der Waals surface area contributed by atoms with E-state index in [4.69, 9.17) is 18.0 Å². The molecular weight excluding hydrogens is 264 g/mol. The molecule has 1 saturated heterocycles. The Hall–Kier alpha value is -1.83. The zero-order valence-corrected chi connectivity index (χ0v) is 11.9. The molecule has 2 rings (SSSR count). The maximum atomic E-state index is 12.1. The highest BCUT2D eigenvalue weighted by Gasteiger charge is 2.22. The molecule has 104 valence electrons. The summed E-state index contributed by atoms with van der Waals surface area (Å²) in [6.07, 6.45) is 0. The van der Waals surface area contributed by atoms with Crippen LogP contribution in [0, 0.1) is 13.8 Å². The van der Waals surface area contributed by atoms with E-state index in [0.29, 0.717) is 31.3 Å². The minimum atomic E-state index is -0.159. The van der Waals surface area contributed by atoms with Crippen molar-refractivity contribution in [1.29, 1.82) is 0 Å². The molecule has 1 aromatic rings. The first-order valence-corrected chi connectivity index (χ1v) is 6.52. The molecule has 8 heteroatoms. The van der Waals surface area contributed by atoms with Crippen molar-refractivity contribution in [2.45, 2.75) is 13.8 Å². The Kier molecular flexibility index (Phi) is 3.89. The average Bonchev–Trinajstić information content (AvgIpc) is 2.68. The molecule has 0 unspecified atom stereocenters. The summed E-state index contributed by atoms with van der Waals surface area (Å²) in [5.41, 5.74) is 10.1. The van der Waals surface area contributed by atoms with Crippen molar-refractivity contribution in [2.75, 3.05) is 31.6 Å². The van der Waals surface area contributed by atoms with E-state index in [9.17, 15) is 4.79 Å². The highest BCUT2D eigenvalue weighted by Crippen LogP contribution is 2.04. The Labute approximate surface area is 117 Å². The first kappa shape index (κ1) is 13.6. The van der Waals surface area contributed by atoms with Gasteiger partial charge >= 0.3 is 6.03 Å². The van der Waals surface area contributed by atoms with Gasteiger partial charge in [-0.1, -0.05) is 0 Å². The third kappa shape index (κ3) is 3.14. The van der Waals surface area contributed by atoms with Crippen molar-refractivity contribution in [2.24, 2.45) is 5.73 Å². The number of urea groups is 1. The predicted octanol–water partition coefficient (Wildman–Crippen LogP) is 0.0246. The Bertz CT molecular complexity index is 491. The number of piperazine rings is 1. The van der Waals surface area contributed by atoms with E-state index >= 15 is 0 Å². The standard InChI is InChI=1S/C11H18N6OS/c1-8-7-9(2)17(13-8)14-11(18)16-5-3-15(4-6-16)10(12)19/h7H,3-6H2,1-2H3,(H2,12,19)(H,14,18). The lowest BCUT2D eigenvalue weighted by Gasteiger charge is -2.34. The molecule has 0 atom stereocenters. The monoisotopic (exact) mass is 282 g/mol. The van der Waals surface area contributed by atoms with E-state index in [0.717, 1.165) is 11.4 Å². The van der Waals surface area contributed by atoms with Gasteiger partial charge in [0.2, 0.25) is 0 Å². The molecule has 3 N–H and O–H groups in total. The van der Waals surface area contributed by atoms with Crippen molar-refractivity contribution in [3.05, 3.63) is 17.5 Å². The van der Waals surface area contributed by atoms with E-state index in [1.54, 1.807) is 4.90 Å². The summed E-state index contributed by atoms with van der Waals surface area (Å²) >= 11 is 4.92. The second kappa shape index (κ2) is 5.43. The van der Waals surface area contributed by atoms with Gasteiger partial charge in [-0.15, -0.1) is 0 Å². The molecule has 19 heavy (non-hydrogen) atoms. The van der Waals surface area contributed by atoms with Crippen LogP contribution in [0.4, 0.5) is 4.79 Å². The lowest BCUT2D eigenvalue weighted by atomic mass is 10.3. The second-order valence-electron chi connectivity index (χ2n) is 4.57. The molecule has 0 radical (unpaired) electrons. The number of amides is 2. The highest BCUT2D eigenvalue weighted by molar-refractivity contribution is 7.80. The van der Waals surface area contributed by atoms with Gasteiger partial charge in [0.15, 0.2) is 5.11 Å². The van der Waals surface area contributed by atoms with Gasteiger partial charge in [0.25, 0.3) is 0 Å². The Morgan fingerprint density at radius 2 is 1.89 bits per heavy atom. The van der Waals surface area contributed by atoms with E-state index in [1.807, 2.05) is 24.8 Å².